The maximum atomic E-state index is 5.51. The van der Waals surface area contributed by atoms with Crippen molar-refractivity contribution in [3.63, 3.8) is 0 Å². The first-order chi connectivity index (χ1) is 10.3. The summed E-state index contributed by atoms with van der Waals surface area (Å²) in [6.45, 7) is 4.25. The van der Waals surface area contributed by atoms with Crippen LogP contribution in [-0.4, -0.2) is 26.5 Å². The van der Waals surface area contributed by atoms with Gasteiger partial charge in [0.1, 0.15) is 12.0 Å². The van der Waals surface area contributed by atoms with Crippen LogP contribution in [-0.2, 0) is 13.1 Å². The fourth-order valence-corrected chi connectivity index (χ4v) is 2.01. The maximum absolute atomic E-state index is 5.51. The molecule has 0 aliphatic heterocycles. The molecule has 0 bridgehead atoms. The Kier molecular flexibility index (Phi) is 4.07. The minimum atomic E-state index is 0.551. The van der Waals surface area contributed by atoms with Crippen molar-refractivity contribution in [2.75, 3.05) is 6.54 Å². The lowest BCUT2D eigenvalue weighted by Crippen LogP contribution is -2.11. The van der Waals surface area contributed by atoms with Gasteiger partial charge < -0.3 is 9.73 Å². The molecule has 0 saturated heterocycles. The predicted molar refractivity (Wildman–Crippen MR) is 78.4 cm³/mol. The van der Waals surface area contributed by atoms with Gasteiger partial charge in [0.15, 0.2) is 0 Å². The summed E-state index contributed by atoms with van der Waals surface area (Å²) < 4.78 is 7.27. The van der Waals surface area contributed by atoms with Crippen molar-refractivity contribution < 1.29 is 4.42 Å². The van der Waals surface area contributed by atoms with Gasteiger partial charge in [0.25, 0.3) is 0 Å². The molecule has 1 aromatic carbocycles. The maximum Gasteiger partial charge on any atom is 0.226 e. The fraction of sp³-hybridized carbons (Fsp3) is 0.267. The average molecular weight is 283 g/mol. The number of rotatable bonds is 6. The SMILES string of the molecule is CCNCc1cn(Cc2coc(-c3ccccc3)n2)nn1. The summed E-state index contributed by atoms with van der Waals surface area (Å²) in [4.78, 5) is 4.48. The van der Waals surface area contributed by atoms with E-state index in [0.717, 1.165) is 30.0 Å². The fourth-order valence-electron chi connectivity index (χ4n) is 2.01. The summed E-state index contributed by atoms with van der Waals surface area (Å²) in [6, 6.07) is 9.83. The first-order valence-electron chi connectivity index (χ1n) is 6.94. The zero-order valence-electron chi connectivity index (χ0n) is 11.9. The summed E-state index contributed by atoms with van der Waals surface area (Å²) in [6.07, 6.45) is 3.58. The Morgan fingerprint density at radius 3 is 2.86 bits per heavy atom. The molecule has 0 aliphatic rings. The second kappa shape index (κ2) is 6.32. The number of nitrogens with zero attached hydrogens (tertiary/aromatic N) is 4. The van der Waals surface area contributed by atoms with Crippen LogP contribution in [0.2, 0.25) is 0 Å². The van der Waals surface area contributed by atoms with Crippen molar-refractivity contribution in [3.05, 3.63) is 54.2 Å². The van der Waals surface area contributed by atoms with E-state index in [1.54, 1.807) is 10.9 Å². The molecule has 21 heavy (non-hydrogen) atoms. The highest BCUT2D eigenvalue weighted by atomic mass is 16.3. The van der Waals surface area contributed by atoms with Gasteiger partial charge in [0.2, 0.25) is 5.89 Å². The van der Waals surface area contributed by atoms with Gasteiger partial charge in [-0.15, -0.1) is 5.10 Å². The highest BCUT2D eigenvalue weighted by Gasteiger charge is 2.08. The van der Waals surface area contributed by atoms with Crippen molar-refractivity contribution >= 4 is 0 Å². The van der Waals surface area contributed by atoms with Crippen LogP contribution in [0.25, 0.3) is 11.5 Å². The van der Waals surface area contributed by atoms with E-state index in [2.05, 4.69) is 27.5 Å². The van der Waals surface area contributed by atoms with Gasteiger partial charge >= 0.3 is 0 Å². The Morgan fingerprint density at radius 2 is 2.05 bits per heavy atom. The van der Waals surface area contributed by atoms with Crippen molar-refractivity contribution in [3.8, 4) is 11.5 Å². The van der Waals surface area contributed by atoms with Crippen LogP contribution in [0.1, 0.15) is 18.3 Å². The minimum absolute atomic E-state index is 0.551. The number of aromatic nitrogens is 4. The smallest absolute Gasteiger partial charge is 0.226 e. The Hall–Kier alpha value is -2.47. The van der Waals surface area contributed by atoms with Crippen LogP contribution in [0.3, 0.4) is 0 Å². The molecule has 0 radical (unpaired) electrons. The summed E-state index contributed by atoms with van der Waals surface area (Å²) in [5.41, 5.74) is 2.72. The highest BCUT2D eigenvalue weighted by molar-refractivity contribution is 5.52. The second-order valence-corrected chi connectivity index (χ2v) is 4.70. The van der Waals surface area contributed by atoms with Gasteiger partial charge in [-0.25, -0.2) is 9.67 Å². The van der Waals surface area contributed by atoms with E-state index < -0.39 is 0 Å². The summed E-state index contributed by atoms with van der Waals surface area (Å²) in [5, 5.41) is 11.4. The molecule has 0 amide bonds. The minimum Gasteiger partial charge on any atom is -0.444 e. The summed E-state index contributed by atoms with van der Waals surface area (Å²) in [7, 11) is 0. The third-order valence-electron chi connectivity index (χ3n) is 3.04. The molecule has 2 aromatic heterocycles. The van der Waals surface area contributed by atoms with E-state index in [1.165, 1.54) is 0 Å². The molecule has 108 valence electrons. The molecular weight excluding hydrogens is 266 g/mol. The Balaban J connectivity index is 1.68. The van der Waals surface area contributed by atoms with Gasteiger partial charge in [-0.3, -0.25) is 0 Å². The van der Waals surface area contributed by atoms with Crippen LogP contribution < -0.4 is 5.32 Å². The Morgan fingerprint density at radius 1 is 1.19 bits per heavy atom. The molecule has 0 aliphatic carbocycles. The predicted octanol–water partition coefficient (Wildman–Crippen LogP) is 2.09. The van der Waals surface area contributed by atoms with Gasteiger partial charge in [-0.1, -0.05) is 30.3 Å². The van der Waals surface area contributed by atoms with Crippen molar-refractivity contribution in [1.82, 2.24) is 25.3 Å². The average Bonchev–Trinajstić information content (AvgIpc) is 3.16. The molecule has 0 spiro atoms. The molecule has 2 heterocycles. The Bertz CT molecular complexity index is 689. The summed E-state index contributed by atoms with van der Waals surface area (Å²) in [5.74, 6) is 0.624. The van der Waals surface area contributed by atoms with Crippen molar-refractivity contribution in [2.24, 2.45) is 0 Å². The highest BCUT2D eigenvalue weighted by Crippen LogP contribution is 2.18. The lowest BCUT2D eigenvalue weighted by molar-refractivity contribution is 0.568. The quantitative estimate of drug-likeness (QED) is 0.750. The van der Waals surface area contributed by atoms with E-state index in [0.29, 0.717) is 12.4 Å². The third-order valence-corrected chi connectivity index (χ3v) is 3.04. The topological polar surface area (TPSA) is 68.8 Å². The molecule has 1 N–H and O–H groups in total. The number of hydrogen-bond donors (Lipinski definition) is 1. The lowest BCUT2D eigenvalue weighted by Gasteiger charge is -1.95. The largest absolute Gasteiger partial charge is 0.444 e. The number of oxazole rings is 1. The third kappa shape index (κ3) is 3.35. The first kappa shape index (κ1) is 13.5. The molecule has 0 atom stereocenters. The van der Waals surface area contributed by atoms with Gasteiger partial charge in [-0.05, 0) is 18.7 Å². The lowest BCUT2D eigenvalue weighted by atomic mass is 10.2. The van der Waals surface area contributed by atoms with Crippen LogP contribution in [0, 0.1) is 0 Å². The summed E-state index contributed by atoms with van der Waals surface area (Å²) >= 11 is 0. The zero-order chi connectivity index (χ0) is 14.5. The molecule has 6 nitrogen and oxygen atoms in total. The number of hydrogen-bond acceptors (Lipinski definition) is 5. The van der Waals surface area contributed by atoms with Crippen LogP contribution in [0.15, 0.2) is 47.2 Å². The molecule has 0 saturated carbocycles. The molecule has 3 rings (SSSR count). The van der Waals surface area contributed by atoms with E-state index in [-0.39, 0.29) is 0 Å². The standard InChI is InChI=1S/C15H17N5O/c1-2-16-8-13-9-20(19-18-13)10-14-11-21-15(17-14)12-6-4-3-5-7-12/h3-7,9,11,16H,2,8,10H2,1H3. The van der Waals surface area contributed by atoms with Crippen LogP contribution >= 0.6 is 0 Å². The van der Waals surface area contributed by atoms with Crippen molar-refractivity contribution in [2.45, 2.75) is 20.0 Å². The molecule has 3 aromatic rings. The molecular formula is C15H17N5O. The normalized spacial score (nSPS) is 10.9. The van der Waals surface area contributed by atoms with E-state index in [4.69, 9.17) is 4.42 Å². The van der Waals surface area contributed by atoms with E-state index in [1.807, 2.05) is 36.5 Å². The molecule has 0 unspecified atom stereocenters. The van der Waals surface area contributed by atoms with Gasteiger partial charge in [0, 0.05) is 12.1 Å². The van der Waals surface area contributed by atoms with Gasteiger partial charge in [0.05, 0.1) is 18.4 Å². The van der Waals surface area contributed by atoms with Crippen molar-refractivity contribution in [1.29, 1.82) is 0 Å². The first-order valence-corrected chi connectivity index (χ1v) is 6.94. The van der Waals surface area contributed by atoms with Crippen LogP contribution in [0.4, 0.5) is 0 Å². The number of benzene rings is 1. The zero-order valence-corrected chi connectivity index (χ0v) is 11.9. The Labute approximate surface area is 122 Å². The van der Waals surface area contributed by atoms with Gasteiger partial charge in [-0.2, -0.15) is 0 Å². The van der Waals surface area contributed by atoms with Crippen LogP contribution in [0.5, 0.6) is 0 Å². The molecule has 6 heteroatoms. The van der Waals surface area contributed by atoms with E-state index >= 15 is 0 Å². The number of nitrogens with one attached hydrogen (secondary N) is 1. The monoisotopic (exact) mass is 283 g/mol. The van der Waals surface area contributed by atoms with E-state index in [9.17, 15) is 0 Å². The molecule has 0 fully saturated rings. The second-order valence-electron chi connectivity index (χ2n) is 4.70.